The molecular weight excluding hydrogens is 390 g/mol. The molecule has 1 amide bonds. The van der Waals surface area contributed by atoms with Crippen LogP contribution in [0, 0.1) is 6.92 Å². The van der Waals surface area contributed by atoms with Crippen molar-refractivity contribution in [1.29, 1.82) is 0 Å². The maximum atomic E-state index is 13.0. The molecule has 0 bridgehead atoms. The van der Waals surface area contributed by atoms with Gasteiger partial charge in [-0.1, -0.05) is 28.5 Å². The topological polar surface area (TPSA) is 59.2 Å². The van der Waals surface area contributed by atoms with Crippen molar-refractivity contribution in [2.75, 3.05) is 6.54 Å². The van der Waals surface area contributed by atoms with Crippen LogP contribution >= 0.6 is 34.7 Å². The summed E-state index contributed by atoms with van der Waals surface area (Å²) in [7, 11) is 0. The maximum absolute atomic E-state index is 13.0. The number of pyridine rings is 1. The SMILES string of the molecule is CCN(Cc1ccc(Cl)s1)C(=O)c1cccnc1SCc1cc(C)on1. The number of aryl methyl sites for hydroxylation is 1. The van der Waals surface area contributed by atoms with Gasteiger partial charge in [-0.05, 0) is 38.1 Å². The van der Waals surface area contributed by atoms with Crippen LogP contribution in [0.5, 0.6) is 0 Å². The van der Waals surface area contributed by atoms with Crippen LogP contribution in [0.15, 0.2) is 46.1 Å². The number of aromatic nitrogens is 2. The quantitative estimate of drug-likeness (QED) is 0.513. The summed E-state index contributed by atoms with van der Waals surface area (Å²) in [6.45, 7) is 4.96. The van der Waals surface area contributed by atoms with Gasteiger partial charge in [0.15, 0.2) is 0 Å². The Hall–Kier alpha value is -1.83. The Bertz CT molecular complexity index is 894. The predicted octanol–water partition coefficient (Wildman–Crippen LogP) is 5.05. The van der Waals surface area contributed by atoms with E-state index in [1.165, 1.54) is 23.1 Å². The molecule has 3 heterocycles. The Labute approximate surface area is 165 Å². The Morgan fingerprint density at radius 3 is 2.88 bits per heavy atom. The summed E-state index contributed by atoms with van der Waals surface area (Å²) in [6.07, 6.45) is 1.70. The van der Waals surface area contributed by atoms with Crippen molar-refractivity contribution in [3.05, 3.63) is 62.8 Å². The average molecular weight is 408 g/mol. The normalized spacial score (nSPS) is 10.9. The molecule has 0 radical (unpaired) electrons. The first kappa shape index (κ1) is 18.9. The molecule has 0 saturated carbocycles. The van der Waals surface area contributed by atoms with Gasteiger partial charge >= 0.3 is 0 Å². The molecule has 26 heavy (non-hydrogen) atoms. The minimum atomic E-state index is -0.0380. The van der Waals surface area contributed by atoms with Crippen molar-refractivity contribution in [1.82, 2.24) is 15.0 Å². The van der Waals surface area contributed by atoms with Gasteiger partial charge in [-0.25, -0.2) is 4.98 Å². The number of nitrogens with zero attached hydrogens (tertiary/aromatic N) is 3. The van der Waals surface area contributed by atoms with Gasteiger partial charge in [0.05, 0.1) is 22.1 Å². The van der Waals surface area contributed by atoms with E-state index in [1.54, 1.807) is 17.2 Å². The smallest absolute Gasteiger partial charge is 0.256 e. The third-order valence-electron chi connectivity index (χ3n) is 3.68. The van der Waals surface area contributed by atoms with Crippen LogP contribution in [-0.4, -0.2) is 27.5 Å². The van der Waals surface area contributed by atoms with Crippen molar-refractivity contribution in [3.63, 3.8) is 0 Å². The molecule has 3 aromatic rings. The van der Waals surface area contributed by atoms with E-state index in [1.807, 2.05) is 38.1 Å². The minimum Gasteiger partial charge on any atom is -0.361 e. The molecule has 136 valence electrons. The lowest BCUT2D eigenvalue weighted by atomic mass is 10.2. The van der Waals surface area contributed by atoms with Crippen LogP contribution < -0.4 is 0 Å². The lowest BCUT2D eigenvalue weighted by Crippen LogP contribution is -2.30. The van der Waals surface area contributed by atoms with Gasteiger partial charge in [0.1, 0.15) is 10.8 Å². The molecule has 0 aliphatic heterocycles. The molecule has 0 saturated heterocycles. The lowest BCUT2D eigenvalue weighted by Gasteiger charge is -2.21. The Kier molecular flexibility index (Phi) is 6.34. The third kappa shape index (κ3) is 4.66. The highest BCUT2D eigenvalue weighted by atomic mass is 35.5. The second-order valence-electron chi connectivity index (χ2n) is 5.60. The first-order valence-corrected chi connectivity index (χ1v) is 10.3. The Morgan fingerprint density at radius 1 is 1.38 bits per heavy atom. The number of thiophene rings is 1. The maximum Gasteiger partial charge on any atom is 0.256 e. The number of carbonyl (C=O) groups is 1. The number of carbonyl (C=O) groups excluding carboxylic acids is 1. The van der Waals surface area contributed by atoms with Gasteiger partial charge < -0.3 is 9.42 Å². The molecule has 5 nitrogen and oxygen atoms in total. The average Bonchev–Trinajstić information content (AvgIpc) is 3.25. The largest absolute Gasteiger partial charge is 0.361 e. The lowest BCUT2D eigenvalue weighted by molar-refractivity contribution is 0.0750. The Balaban J connectivity index is 1.75. The van der Waals surface area contributed by atoms with Crippen molar-refractivity contribution in [3.8, 4) is 0 Å². The van der Waals surface area contributed by atoms with Gasteiger partial charge in [0, 0.05) is 29.4 Å². The van der Waals surface area contributed by atoms with Crippen LogP contribution in [0.2, 0.25) is 4.34 Å². The van der Waals surface area contributed by atoms with Gasteiger partial charge in [-0.3, -0.25) is 4.79 Å². The van der Waals surface area contributed by atoms with Gasteiger partial charge in [-0.2, -0.15) is 0 Å². The number of thioether (sulfide) groups is 1. The van der Waals surface area contributed by atoms with Crippen LogP contribution in [0.25, 0.3) is 0 Å². The van der Waals surface area contributed by atoms with E-state index in [9.17, 15) is 4.79 Å². The Morgan fingerprint density at radius 2 is 2.23 bits per heavy atom. The highest BCUT2D eigenvalue weighted by molar-refractivity contribution is 7.98. The molecule has 0 unspecified atom stereocenters. The second kappa shape index (κ2) is 8.70. The van der Waals surface area contributed by atoms with Gasteiger partial charge in [0.2, 0.25) is 0 Å². The number of hydrogen-bond donors (Lipinski definition) is 0. The summed E-state index contributed by atoms with van der Waals surface area (Å²) in [5.41, 5.74) is 1.43. The van der Waals surface area contributed by atoms with E-state index in [-0.39, 0.29) is 5.91 Å². The fraction of sp³-hybridized carbons (Fsp3) is 0.278. The molecule has 3 aromatic heterocycles. The summed E-state index contributed by atoms with van der Waals surface area (Å²) in [5, 5.41) is 4.68. The van der Waals surface area contributed by atoms with Crippen LogP contribution in [-0.2, 0) is 12.3 Å². The zero-order chi connectivity index (χ0) is 18.5. The van der Waals surface area contributed by atoms with Crippen LogP contribution in [0.4, 0.5) is 0 Å². The molecule has 0 atom stereocenters. The molecule has 0 N–H and O–H groups in total. The molecule has 0 fully saturated rings. The molecule has 0 aromatic carbocycles. The van der Waals surface area contributed by atoms with E-state index in [0.717, 1.165) is 20.7 Å². The fourth-order valence-corrected chi connectivity index (χ4v) is 4.39. The number of hydrogen-bond acceptors (Lipinski definition) is 6. The highest BCUT2D eigenvalue weighted by Gasteiger charge is 2.20. The zero-order valence-corrected chi connectivity index (χ0v) is 16.8. The van der Waals surface area contributed by atoms with Crippen molar-refractivity contribution in [2.45, 2.75) is 31.2 Å². The molecule has 0 aliphatic carbocycles. The third-order valence-corrected chi connectivity index (χ3v) is 5.93. The van der Waals surface area contributed by atoms with E-state index in [2.05, 4.69) is 10.1 Å². The van der Waals surface area contributed by atoms with Gasteiger partial charge in [-0.15, -0.1) is 11.3 Å². The summed E-state index contributed by atoms with van der Waals surface area (Å²) in [6, 6.07) is 9.29. The number of halogens is 1. The van der Waals surface area contributed by atoms with E-state index in [0.29, 0.717) is 29.4 Å². The van der Waals surface area contributed by atoms with E-state index < -0.39 is 0 Å². The van der Waals surface area contributed by atoms with Crippen LogP contribution in [0.1, 0.15) is 33.6 Å². The summed E-state index contributed by atoms with van der Waals surface area (Å²) in [5.74, 6) is 1.33. The number of amides is 1. The number of rotatable bonds is 7. The standard InChI is InChI=1S/C18H18ClN3O2S2/c1-3-22(10-14-6-7-16(19)26-14)18(23)15-5-4-8-20-17(15)25-11-13-9-12(2)24-21-13/h4-9H,3,10-11H2,1-2H3. The van der Waals surface area contributed by atoms with Crippen LogP contribution in [0.3, 0.4) is 0 Å². The summed E-state index contributed by atoms with van der Waals surface area (Å²) < 4.78 is 5.81. The molecule has 0 spiro atoms. The van der Waals surface area contributed by atoms with E-state index >= 15 is 0 Å². The monoisotopic (exact) mass is 407 g/mol. The highest BCUT2D eigenvalue weighted by Crippen LogP contribution is 2.27. The van der Waals surface area contributed by atoms with Crippen molar-refractivity contribution < 1.29 is 9.32 Å². The first-order chi connectivity index (χ1) is 12.6. The summed E-state index contributed by atoms with van der Waals surface area (Å²) >= 11 is 8.97. The fourth-order valence-electron chi connectivity index (χ4n) is 2.42. The summed E-state index contributed by atoms with van der Waals surface area (Å²) in [4.78, 5) is 20.3. The molecular formula is C18H18ClN3O2S2. The van der Waals surface area contributed by atoms with Gasteiger partial charge in [0.25, 0.3) is 5.91 Å². The first-order valence-electron chi connectivity index (χ1n) is 8.10. The molecule has 0 aliphatic rings. The van der Waals surface area contributed by atoms with Crippen molar-refractivity contribution in [2.24, 2.45) is 0 Å². The minimum absolute atomic E-state index is 0.0380. The predicted molar refractivity (Wildman–Crippen MR) is 105 cm³/mol. The zero-order valence-electron chi connectivity index (χ0n) is 14.4. The van der Waals surface area contributed by atoms with E-state index in [4.69, 9.17) is 16.1 Å². The molecule has 8 heteroatoms. The molecule has 3 rings (SSSR count). The van der Waals surface area contributed by atoms with Crippen molar-refractivity contribution >= 4 is 40.6 Å². The second-order valence-corrected chi connectivity index (χ2v) is 8.36.